The van der Waals surface area contributed by atoms with Crippen molar-refractivity contribution < 1.29 is 24.2 Å². The van der Waals surface area contributed by atoms with Crippen LogP contribution >= 0.6 is 0 Å². The summed E-state index contributed by atoms with van der Waals surface area (Å²) in [5, 5.41) is 11.3. The largest absolute Gasteiger partial charge is 0.497 e. The lowest BCUT2D eigenvalue weighted by molar-refractivity contribution is -0.139. The summed E-state index contributed by atoms with van der Waals surface area (Å²) >= 11 is 0. The van der Waals surface area contributed by atoms with Gasteiger partial charge in [0.05, 0.1) is 12.7 Å². The van der Waals surface area contributed by atoms with Crippen LogP contribution in [0.5, 0.6) is 5.75 Å². The number of rotatable bonds is 7. The van der Waals surface area contributed by atoms with Gasteiger partial charge < -0.3 is 26.6 Å². The summed E-state index contributed by atoms with van der Waals surface area (Å²) < 4.78 is 4.98. The van der Waals surface area contributed by atoms with E-state index in [9.17, 15) is 14.4 Å². The lowest BCUT2D eigenvalue weighted by Crippen LogP contribution is -2.41. The number of anilines is 1. The van der Waals surface area contributed by atoms with Crippen molar-refractivity contribution in [2.75, 3.05) is 12.8 Å². The number of nitrogens with one attached hydrogen (secondary N) is 1. The Morgan fingerprint density at radius 3 is 2.57 bits per heavy atom. The van der Waals surface area contributed by atoms with E-state index in [1.165, 1.54) is 19.2 Å². The number of carboxylic acids is 1. The van der Waals surface area contributed by atoms with Gasteiger partial charge >= 0.3 is 5.97 Å². The molecule has 0 aliphatic heterocycles. The van der Waals surface area contributed by atoms with Crippen molar-refractivity contribution in [1.29, 1.82) is 0 Å². The molecular weight excluding hydrogens is 278 g/mol. The monoisotopic (exact) mass is 295 g/mol. The van der Waals surface area contributed by atoms with Crippen LogP contribution in [0.1, 0.15) is 23.2 Å². The van der Waals surface area contributed by atoms with Gasteiger partial charge in [0.15, 0.2) is 0 Å². The third kappa shape index (κ3) is 4.68. The van der Waals surface area contributed by atoms with Crippen molar-refractivity contribution in [3.8, 4) is 5.75 Å². The molecule has 1 aromatic carbocycles. The van der Waals surface area contributed by atoms with E-state index >= 15 is 0 Å². The van der Waals surface area contributed by atoms with Gasteiger partial charge in [-0.15, -0.1) is 0 Å². The number of aliphatic carboxylic acids is 1. The lowest BCUT2D eigenvalue weighted by atomic mass is 10.1. The second-order valence-electron chi connectivity index (χ2n) is 4.32. The van der Waals surface area contributed by atoms with Crippen LogP contribution < -0.4 is 21.5 Å². The molecule has 0 radical (unpaired) electrons. The van der Waals surface area contributed by atoms with Crippen LogP contribution in [0, 0.1) is 0 Å². The Morgan fingerprint density at radius 2 is 2.05 bits per heavy atom. The van der Waals surface area contributed by atoms with E-state index in [4.69, 9.17) is 21.3 Å². The number of benzene rings is 1. The third-order valence-corrected chi connectivity index (χ3v) is 2.79. The van der Waals surface area contributed by atoms with E-state index in [2.05, 4.69) is 5.32 Å². The molecule has 0 fully saturated rings. The van der Waals surface area contributed by atoms with Gasteiger partial charge in [0.25, 0.3) is 5.91 Å². The highest BCUT2D eigenvalue weighted by atomic mass is 16.5. The van der Waals surface area contributed by atoms with E-state index in [-0.39, 0.29) is 24.1 Å². The zero-order valence-electron chi connectivity index (χ0n) is 11.5. The van der Waals surface area contributed by atoms with Crippen molar-refractivity contribution in [2.24, 2.45) is 5.73 Å². The van der Waals surface area contributed by atoms with E-state index in [1.54, 1.807) is 6.07 Å². The maximum Gasteiger partial charge on any atom is 0.326 e. The summed E-state index contributed by atoms with van der Waals surface area (Å²) in [4.78, 5) is 33.8. The summed E-state index contributed by atoms with van der Waals surface area (Å²) in [6.45, 7) is 0. The van der Waals surface area contributed by atoms with Gasteiger partial charge in [-0.25, -0.2) is 4.79 Å². The molecule has 0 spiro atoms. The average molecular weight is 295 g/mol. The Morgan fingerprint density at radius 1 is 1.38 bits per heavy atom. The van der Waals surface area contributed by atoms with Crippen LogP contribution in [0.3, 0.4) is 0 Å². The molecule has 0 bridgehead atoms. The number of carbonyl (C=O) groups is 3. The molecule has 0 heterocycles. The first-order valence-corrected chi connectivity index (χ1v) is 6.10. The van der Waals surface area contributed by atoms with Gasteiger partial charge in [-0.1, -0.05) is 0 Å². The summed E-state index contributed by atoms with van der Waals surface area (Å²) in [5.41, 5.74) is 10.9. The second-order valence-corrected chi connectivity index (χ2v) is 4.32. The molecule has 0 aliphatic rings. The number of hydrogen-bond donors (Lipinski definition) is 4. The summed E-state index contributed by atoms with van der Waals surface area (Å²) in [7, 11) is 1.43. The molecule has 6 N–H and O–H groups in total. The molecular formula is C13H17N3O5. The Hall–Kier alpha value is -2.77. The predicted octanol–water partition coefficient (Wildman–Crippen LogP) is -0.274. The topological polar surface area (TPSA) is 145 Å². The highest BCUT2D eigenvalue weighted by molar-refractivity contribution is 6.01. The summed E-state index contributed by atoms with van der Waals surface area (Å²) in [6.07, 6.45) is -0.245. The zero-order valence-corrected chi connectivity index (χ0v) is 11.5. The van der Waals surface area contributed by atoms with Gasteiger partial charge in [-0.05, 0) is 24.6 Å². The van der Waals surface area contributed by atoms with Gasteiger partial charge in [0.2, 0.25) is 5.91 Å². The van der Waals surface area contributed by atoms with E-state index in [0.29, 0.717) is 5.75 Å². The third-order valence-electron chi connectivity index (χ3n) is 2.79. The number of primary amides is 1. The van der Waals surface area contributed by atoms with Crippen molar-refractivity contribution >= 4 is 23.5 Å². The van der Waals surface area contributed by atoms with Crippen LogP contribution in [-0.2, 0) is 9.59 Å². The number of hydrogen-bond acceptors (Lipinski definition) is 5. The standard InChI is InChI=1S/C13H17N3O5/c1-21-7-2-3-9(14)8(6-7)12(18)16-10(13(19)20)4-5-11(15)17/h2-3,6,10H,4-5,14H2,1H3,(H2,15,17)(H,16,18)(H,19,20)/t10-/m1/s1. The Bertz CT molecular complexity index is 559. The molecule has 1 atom stereocenters. The fraction of sp³-hybridized carbons (Fsp3) is 0.308. The van der Waals surface area contributed by atoms with Crippen LogP contribution in [0.2, 0.25) is 0 Å². The molecule has 2 amide bonds. The molecule has 8 heteroatoms. The fourth-order valence-corrected chi connectivity index (χ4v) is 1.64. The van der Waals surface area contributed by atoms with Crippen molar-refractivity contribution in [1.82, 2.24) is 5.32 Å². The highest BCUT2D eigenvalue weighted by Crippen LogP contribution is 2.19. The predicted molar refractivity (Wildman–Crippen MR) is 74.7 cm³/mol. The fourth-order valence-electron chi connectivity index (χ4n) is 1.64. The smallest absolute Gasteiger partial charge is 0.326 e. The molecule has 0 saturated carbocycles. The minimum Gasteiger partial charge on any atom is -0.497 e. The zero-order chi connectivity index (χ0) is 16.0. The molecule has 1 rings (SSSR count). The van der Waals surface area contributed by atoms with Gasteiger partial charge in [0, 0.05) is 12.1 Å². The highest BCUT2D eigenvalue weighted by Gasteiger charge is 2.22. The molecule has 0 saturated heterocycles. The first-order chi connectivity index (χ1) is 9.85. The lowest BCUT2D eigenvalue weighted by Gasteiger charge is -2.15. The summed E-state index contributed by atoms with van der Waals surface area (Å²) in [6, 6.07) is 3.23. The molecule has 0 aliphatic carbocycles. The quantitative estimate of drug-likeness (QED) is 0.509. The number of nitrogens with two attached hydrogens (primary N) is 2. The average Bonchev–Trinajstić information content (AvgIpc) is 2.43. The van der Waals surface area contributed by atoms with Gasteiger partial charge in [0.1, 0.15) is 11.8 Å². The number of methoxy groups -OCH3 is 1. The van der Waals surface area contributed by atoms with E-state index in [1.807, 2.05) is 0 Å². The SMILES string of the molecule is COc1ccc(N)c(C(=O)N[C@H](CCC(N)=O)C(=O)O)c1. The number of carbonyl (C=O) groups excluding carboxylic acids is 2. The van der Waals surface area contributed by atoms with Gasteiger partial charge in [-0.3, -0.25) is 9.59 Å². The molecule has 114 valence electrons. The molecule has 1 aromatic rings. The van der Waals surface area contributed by atoms with Crippen molar-refractivity contribution in [3.63, 3.8) is 0 Å². The number of ether oxygens (including phenoxy) is 1. The Labute approximate surface area is 121 Å². The van der Waals surface area contributed by atoms with Crippen LogP contribution in [-0.4, -0.2) is 36.0 Å². The van der Waals surface area contributed by atoms with Crippen LogP contribution in [0.25, 0.3) is 0 Å². The number of nitrogen functional groups attached to an aromatic ring is 1. The van der Waals surface area contributed by atoms with Gasteiger partial charge in [-0.2, -0.15) is 0 Å². The van der Waals surface area contributed by atoms with Crippen molar-refractivity contribution in [2.45, 2.75) is 18.9 Å². The first kappa shape index (κ1) is 16.3. The number of carboxylic acid groups (broad SMARTS) is 1. The molecule has 8 nitrogen and oxygen atoms in total. The Kier molecular flexibility index (Phi) is 5.53. The number of amides is 2. The van der Waals surface area contributed by atoms with Crippen LogP contribution in [0.15, 0.2) is 18.2 Å². The molecule has 0 aromatic heterocycles. The van der Waals surface area contributed by atoms with E-state index in [0.717, 1.165) is 0 Å². The Balaban J connectivity index is 2.86. The maximum atomic E-state index is 12.1. The first-order valence-electron chi connectivity index (χ1n) is 6.10. The normalized spacial score (nSPS) is 11.5. The second kappa shape index (κ2) is 7.13. The minimum atomic E-state index is -1.26. The minimum absolute atomic E-state index is 0.0969. The summed E-state index contributed by atoms with van der Waals surface area (Å²) in [5.74, 6) is -2.15. The maximum absolute atomic E-state index is 12.1. The molecule has 21 heavy (non-hydrogen) atoms. The van der Waals surface area contributed by atoms with E-state index < -0.39 is 23.8 Å². The molecule has 0 unspecified atom stereocenters. The van der Waals surface area contributed by atoms with Crippen molar-refractivity contribution in [3.05, 3.63) is 23.8 Å². The van der Waals surface area contributed by atoms with Crippen LogP contribution in [0.4, 0.5) is 5.69 Å².